The number of amides is 1. The lowest BCUT2D eigenvalue weighted by atomic mass is 10.2. The van der Waals surface area contributed by atoms with E-state index in [1.165, 1.54) is 6.07 Å². The number of nitrogens with zero attached hydrogens (tertiary/aromatic N) is 3. The molecule has 0 aliphatic carbocycles. The average molecular weight is 448 g/mol. The summed E-state index contributed by atoms with van der Waals surface area (Å²) in [6, 6.07) is 13.9. The van der Waals surface area contributed by atoms with Gasteiger partial charge in [-0.3, -0.25) is 9.59 Å². The van der Waals surface area contributed by atoms with E-state index in [2.05, 4.69) is 10.4 Å². The van der Waals surface area contributed by atoms with E-state index < -0.39 is 0 Å². The third-order valence-electron chi connectivity index (χ3n) is 5.83. The average Bonchev–Trinajstić information content (AvgIpc) is 3.06. The van der Waals surface area contributed by atoms with Gasteiger partial charge in [0.15, 0.2) is 0 Å². The fourth-order valence-corrected chi connectivity index (χ4v) is 3.93. The van der Waals surface area contributed by atoms with Gasteiger partial charge in [-0.1, -0.05) is 30.3 Å². The molecule has 2 aromatic heterocycles. The van der Waals surface area contributed by atoms with Crippen LogP contribution in [0.25, 0.3) is 10.8 Å². The third-order valence-corrected chi connectivity index (χ3v) is 5.83. The summed E-state index contributed by atoms with van der Waals surface area (Å²) in [7, 11) is 1.59. The van der Waals surface area contributed by atoms with Crippen molar-refractivity contribution in [1.29, 1.82) is 0 Å². The quantitative estimate of drug-likeness (QED) is 0.471. The van der Waals surface area contributed by atoms with Crippen molar-refractivity contribution in [2.24, 2.45) is 0 Å². The van der Waals surface area contributed by atoms with Crippen LogP contribution >= 0.6 is 0 Å². The molecule has 8 heteroatoms. The van der Waals surface area contributed by atoms with Crippen molar-refractivity contribution in [2.45, 2.75) is 33.5 Å². The van der Waals surface area contributed by atoms with Crippen LogP contribution in [-0.2, 0) is 24.4 Å². The highest BCUT2D eigenvalue weighted by molar-refractivity contribution is 5.87. The van der Waals surface area contributed by atoms with Crippen LogP contribution < -0.4 is 15.6 Å². The largest absolute Gasteiger partial charge is 0.497 e. The Morgan fingerprint density at radius 3 is 2.52 bits per heavy atom. The zero-order valence-corrected chi connectivity index (χ0v) is 18.8. The monoisotopic (exact) mass is 448 g/mol. The second kappa shape index (κ2) is 9.28. The second-order valence-corrected chi connectivity index (χ2v) is 7.87. The van der Waals surface area contributed by atoms with Crippen molar-refractivity contribution >= 4 is 16.7 Å². The van der Waals surface area contributed by atoms with Gasteiger partial charge in [0.25, 0.3) is 5.56 Å². The van der Waals surface area contributed by atoms with Crippen LogP contribution in [-0.4, -0.2) is 27.4 Å². The number of nitrogens with one attached hydrogen (secondary N) is 1. The fraction of sp³-hybridized carbons (Fsp3) is 0.240. The van der Waals surface area contributed by atoms with Crippen LogP contribution in [0.3, 0.4) is 0 Å². The summed E-state index contributed by atoms with van der Waals surface area (Å²) in [5, 5.41) is 8.19. The molecule has 0 aliphatic rings. The number of hydrogen-bond donors (Lipinski definition) is 1. The molecule has 0 saturated heterocycles. The summed E-state index contributed by atoms with van der Waals surface area (Å²) in [4.78, 5) is 25.6. The number of hydrogen-bond acceptors (Lipinski definition) is 4. The number of rotatable bonds is 7. The highest BCUT2D eigenvalue weighted by atomic mass is 19.1. The van der Waals surface area contributed by atoms with E-state index >= 15 is 0 Å². The first-order valence-corrected chi connectivity index (χ1v) is 10.6. The van der Waals surface area contributed by atoms with Gasteiger partial charge in [0.2, 0.25) is 5.91 Å². The Kier molecular flexibility index (Phi) is 6.26. The van der Waals surface area contributed by atoms with Crippen LogP contribution in [0, 0.1) is 19.7 Å². The summed E-state index contributed by atoms with van der Waals surface area (Å²) in [5.41, 5.74) is 2.64. The summed E-state index contributed by atoms with van der Waals surface area (Å²) in [6.45, 7) is 4.15. The molecular weight excluding hydrogens is 423 g/mol. The Morgan fingerprint density at radius 1 is 1.09 bits per heavy atom. The number of aryl methyl sites for hydroxylation is 2. The molecule has 2 aromatic carbocycles. The molecule has 33 heavy (non-hydrogen) atoms. The Balaban J connectivity index is 1.54. The lowest BCUT2D eigenvalue weighted by molar-refractivity contribution is -0.122. The standard InChI is InChI=1S/C25H25FN4O3/c1-16-21-13-28-30(15-23(31)27-12-18-8-10-20(33-3)11-9-18)25(32)24(21)17(2)29(16)14-19-6-4-5-7-22(19)26/h4-11,13H,12,14-15H2,1-3H3,(H,27,31). The topological polar surface area (TPSA) is 78.2 Å². The molecule has 4 rings (SSSR count). The molecule has 4 aromatic rings. The molecule has 7 nitrogen and oxygen atoms in total. The number of carbonyl (C=O) groups is 1. The van der Waals surface area contributed by atoms with Gasteiger partial charge in [-0.15, -0.1) is 0 Å². The van der Waals surface area contributed by atoms with Crippen molar-refractivity contribution in [2.75, 3.05) is 7.11 Å². The molecule has 0 saturated carbocycles. The molecule has 0 fully saturated rings. The van der Waals surface area contributed by atoms with Crippen molar-refractivity contribution in [3.05, 3.63) is 93.4 Å². The lowest BCUT2D eigenvalue weighted by Gasteiger charge is -2.10. The molecule has 0 spiro atoms. The number of benzene rings is 2. The Labute approximate surface area is 190 Å². The maximum atomic E-state index is 14.2. The van der Waals surface area contributed by atoms with Crippen molar-refractivity contribution in [3.8, 4) is 5.75 Å². The van der Waals surface area contributed by atoms with Crippen LogP contribution in [0.4, 0.5) is 4.39 Å². The van der Waals surface area contributed by atoms with Gasteiger partial charge in [0, 0.05) is 28.9 Å². The van der Waals surface area contributed by atoms with Crippen molar-refractivity contribution in [1.82, 2.24) is 19.7 Å². The van der Waals surface area contributed by atoms with Gasteiger partial charge in [-0.2, -0.15) is 5.10 Å². The normalized spacial score (nSPS) is 11.0. The van der Waals surface area contributed by atoms with E-state index in [1.54, 1.807) is 31.5 Å². The number of carbonyl (C=O) groups excluding carboxylic acids is 1. The number of halogens is 1. The van der Waals surface area contributed by atoms with E-state index in [9.17, 15) is 14.0 Å². The van der Waals surface area contributed by atoms with E-state index in [0.29, 0.717) is 35.1 Å². The van der Waals surface area contributed by atoms with Crippen LogP contribution in [0.5, 0.6) is 5.75 Å². The lowest BCUT2D eigenvalue weighted by Crippen LogP contribution is -2.33. The number of ether oxygens (including phenoxy) is 1. The number of methoxy groups -OCH3 is 1. The zero-order valence-electron chi connectivity index (χ0n) is 18.8. The molecule has 170 valence electrons. The predicted octanol–water partition coefficient (Wildman–Crippen LogP) is 3.33. The predicted molar refractivity (Wildman–Crippen MR) is 124 cm³/mol. The van der Waals surface area contributed by atoms with E-state index in [4.69, 9.17) is 4.74 Å². The molecule has 2 heterocycles. The maximum absolute atomic E-state index is 14.2. The summed E-state index contributed by atoms with van der Waals surface area (Å²) < 4.78 is 22.4. The smallest absolute Gasteiger partial charge is 0.276 e. The molecule has 1 N–H and O–H groups in total. The molecular formula is C25H25FN4O3. The highest BCUT2D eigenvalue weighted by Crippen LogP contribution is 2.23. The molecule has 0 aliphatic heterocycles. The Morgan fingerprint density at radius 2 is 1.82 bits per heavy atom. The second-order valence-electron chi connectivity index (χ2n) is 7.87. The number of aromatic nitrogens is 3. The minimum Gasteiger partial charge on any atom is -0.497 e. The SMILES string of the molecule is COc1ccc(CNC(=O)Cn2ncc3c(C)n(Cc4ccccc4F)c(C)c3c2=O)cc1. The van der Waals surface area contributed by atoms with Gasteiger partial charge in [0.1, 0.15) is 18.1 Å². The van der Waals surface area contributed by atoms with E-state index in [1.807, 2.05) is 42.7 Å². The molecule has 1 amide bonds. The maximum Gasteiger partial charge on any atom is 0.276 e. The van der Waals surface area contributed by atoms with Gasteiger partial charge in [-0.25, -0.2) is 9.07 Å². The van der Waals surface area contributed by atoms with Crippen molar-refractivity contribution < 1.29 is 13.9 Å². The first kappa shape index (κ1) is 22.3. The minimum absolute atomic E-state index is 0.193. The highest BCUT2D eigenvalue weighted by Gasteiger charge is 2.18. The molecule has 0 bridgehead atoms. The fourth-order valence-electron chi connectivity index (χ4n) is 3.93. The Bertz CT molecular complexity index is 1370. The zero-order chi connectivity index (χ0) is 23.5. The Hall–Kier alpha value is -3.94. The summed E-state index contributed by atoms with van der Waals surface area (Å²) in [5.74, 6) is 0.125. The first-order chi connectivity index (χ1) is 15.9. The van der Waals surface area contributed by atoms with Gasteiger partial charge < -0.3 is 14.6 Å². The van der Waals surface area contributed by atoms with Gasteiger partial charge >= 0.3 is 0 Å². The van der Waals surface area contributed by atoms with Crippen LogP contribution in [0.1, 0.15) is 22.5 Å². The molecule has 0 unspecified atom stereocenters. The first-order valence-electron chi connectivity index (χ1n) is 10.6. The minimum atomic E-state index is -0.347. The molecule has 0 radical (unpaired) electrons. The van der Waals surface area contributed by atoms with Crippen LogP contribution in [0.15, 0.2) is 59.5 Å². The van der Waals surface area contributed by atoms with Gasteiger partial charge in [-0.05, 0) is 37.6 Å². The van der Waals surface area contributed by atoms with E-state index in [0.717, 1.165) is 21.7 Å². The third kappa shape index (κ3) is 4.50. The number of fused-ring (bicyclic) bond motifs is 1. The summed E-state index contributed by atoms with van der Waals surface area (Å²) in [6.07, 6.45) is 1.59. The molecule has 0 atom stereocenters. The van der Waals surface area contributed by atoms with E-state index in [-0.39, 0.29) is 23.8 Å². The summed E-state index contributed by atoms with van der Waals surface area (Å²) >= 11 is 0. The van der Waals surface area contributed by atoms with Crippen molar-refractivity contribution in [3.63, 3.8) is 0 Å². The van der Waals surface area contributed by atoms with Crippen LogP contribution in [0.2, 0.25) is 0 Å². The van der Waals surface area contributed by atoms with Gasteiger partial charge in [0.05, 0.1) is 25.2 Å².